The number of halogens is 5. The van der Waals surface area contributed by atoms with E-state index in [4.69, 9.17) is 27.9 Å². The Balaban J connectivity index is 1.30. The third kappa shape index (κ3) is 5.93. The van der Waals surface area contributed by atoms with Gasteiger partial charge < -0.3 is 14.5 Å². The van der Waals surface area contributed by atoms with Crippen LogP contribution in [0.5, 0.6) is 0 Å². The van der Waals surface area contributed by atoms with Crippen LogP contribution in [0, 0.1) is 0 Å². The summed E-state index contributed by atoms with van der Waals surface area (Å²) in [4.78, 5) is 18.8. The monoisotopic (exact) mass is 501 g/mol. The molecule has 1 atom stereocenters. The maximum atomic E-state index is 13.0. The standard InChI is InChI=1S/C23H24Cl2F3N3O2/c24-20-5-4-16(12-21(20)25)22(32)31-10-11-33-19(15-31)14-29-6-8-30(9-7-29)18-3-1-2-17(13-18)23(26,27)28/h1-5,12-13,19H,6-11,14-15H2/t19-/m1/s1. The second kappa shape index (κ2) is 10.1. The van der Waals surface area contributed by atoms with Gasteiger partial charge in [-0.05, 0) is 36.4 Å². The number of ether oxygens (including phenoxy) is 1. The summed E-state index contributed by atoms with van der Waals surface area (Å²) in [5, 5.41) is 0.739. The van der Waals surface area contributed by atoms with E-state index in [-0.39, 0.29) is 12.0 Å². The molecule has 2 aromatic carbocycles. The summed E-state index contributed by atoms with van der Waals surface area (Å²) >= 11 is 12.0. The summed E-state index contributed by atoms with van der Waals surface area (Å²) < 4.78 is 44.9. The fraction of sp³-hybridized carbons (Fsp3) is 0.435. The minimum atomic E-state index is -4.35. The van der Waals surface area contributed by atoms with Crippen LogP contribution >= 0.6 is 23.2 Å². The first kappa shape index (κ1) is 24.1. The van der Waals surface area contributed by atoms with Crippen molar-refractivity contribution in [2.24, 2.45) is 0 Å². The highest BCUT2D eigenvalue weighted by molar-refractivity contribution is 6.42. The van der Waals surface area contributed by atoms with Crippen LogP contribution in [0.4, 0.5) is 18.9 Å². The molecule has 2 aromatic rings. The van der Waals surface area contributed by atoms with Gasteiger partial charge in [0.1, 0.15) is 0 Å². The number of nitrogens with zero attached hydrogens (tertiary/aromatic N) is 3. The molecular weight excluding hydrogens is 478 g/mol. The van der Waals surface area contributed by atoms with Gasteiger partial charge in [0.25, 0.3) is 5.91 Å². The number of anilines is 1. The van der Waals surface area contributed by atoms with E-state index in [0.717, 1.165) is 6.07 Å². The Labute approximate surface area is 200 Å². The average Bonchev–Trinajstić information content (AvgIpc) is 2.80. The van der Waals surface area contributed by atoms with Crippen LogP contribution < -0.4 is 4.90 Å². The fourth-order valence-corrected chi connectivity index (χ4v) is 4.48. The van der Waals surface area contributed by atoms with Crippen LogP contribution in [-0.2, 0) is 10.9 Å². The van der Waals surface area contributed by atoms with Gasteiger partial charge in [0.15, 0.2) is 0 Å². The van der Waals surface area contributed by atoms with Crippen molar-refractivity contribution in [3.8, 4) is 0 Å². The highest BCUT2D eigenvalue weighted by Gasteiger charge is 2.32. The average molecular weight is 502 g/mol. The molecule has 33 heavy (non-hydrogen) atoms. The Morgan fingerprint density at radius 2 is 1.76 bits per heavy atom. The molecule has 2 saturated heterocycles. The third-order valence-corrected chi connectivity index (χ3v) is 6.70. The van der Waals surface area contributed by atoms with Crippen LogP contribution in [-0.4, -0.2) is 74.2 Å². The van der Waals surface area contributed by atoms with Gasteiger partial charge in [-0.15, -0.1) is 0 Å². The Kier molecular flexibility index (Phi) is 7.38. The lowest BCUT2D eigenvalue weighted by molar-refractivity contribution is -0.137. The molecule has 5 nitrogen and oxygen atoms in total. The van der Waals surface area contributed by atoms with Crippen molar-refractivity contribution in [2.45, 2.75) is 12.3 Å². The van der Waals surface area contributed by atoms with E-state index in [1.165, 1.54) is 12.1 Å². The second-order valence-corrected chi connectivity index (χ2v) is 9.02. The zero-order valence-electron chi connectivity index (χ0n) is 17.8. The second-order valence-electron chi connectivity index (χ2n) is 8.21. The molecule has 0 unspecified atom stereocenters. The number of hydrogen-bond acceptors (Lipinski definition) is 4. The molecule has 0 spiro atoms. The Hall–Kier alpha value is -2.00. The number of hydrogen-bond donors (Lipinski definition) is 0. The van der Waals surface area contributed by atoms with Crippen molar-refractivity contribution in [2.75, 3.05) is 57.3 Å². The predicted octanol–water partition coefficient (Wildman–Crippen LogP) is 4.68. The molecule has 0 N–H and O–H groups in total. The highest BCUT2D eigenvalue weighted by atomic mass is 35.5. The van der Waals surface area contributed by atoms with E-state index < -0.39 is 11.7 Å². The minimum absolute atomic E-state index is 0.115. The van der Waals surface area contributed by atoms with E-state index in [2.05, 4.69) is 4.90 Å². The molecule has 0 radical (unpaired) electrons. The van der Waals surface area contributed by atoms with Gasteiger partial charge in [0.05, 0.1) is 28.3 Å². The Morgan fingerprint density at radius 1 is 1.00 bits per heavy atom. The molecule has 1 amide bonds. The molecule has 0 saturated carbocycles. The number of rotatable bonds is 4. The molecule has 2 heterocycles. The van der Waals surface area contributed by atoms with E-state index in [1.54, 1.807) is 29.2 Å². The van der Waals surface area contributed by atoms with Gasteiger partial charge in [-0.1, -0.05) is 29.3 Å². The molecule has 0 aliphatic carbocycles. The number of amides is 1. The van der Waals surface area contributed by atoms with Gasteiger partial charge in [0, 0.05) is 57.1 Å². The van der Waals surface area contributed by atoms with Crippen LogP contribution in [0.25, 0.3) is 0 Å². The Bertz CT molecular complexity index is 997. The number of alkyl halides is 3. The maximum absolute atomic E-state index is 13.0. The van der Waals surface area contributed by atoms with E-state index >= 15 is 0 Å². The first-order valence-corrected chi connectivity index (χ1v) is 11.5. The third-order valence-electron chi connectivity index (χ3n) is 5.97. The maximum Gasteiger partial charge on any atom is 0.416 e. The largest absolute Gasteiger partial charge is 0.416 e. The molecular formula is C23H24Cl2F3N3O2. The van der Waals surface area contributed by atoms with Crippen molar-refractivity contribution in [3.63, 3.8) is 0 Å². The zero-order valence-corrected chi connectivity index (χ0v) is 19.3. The van der Waals surface area contributed by atoms with Crippen molar-refractivity contribution < 1.29 is 22.7 Å². The number of benzene rings is 2. The quantitative estimate of drug-likeness (QED) is 0.609. The SMILES string of the molecule is O=C(c1ccc(Cl)c(Cl)c1)N1CCO[C@H](CN2CCN(c3cccc(C(F)(F)F)c3)CC2)C1. The molecule has 10 heteroatoms. The molecule has 2 aliphatic heterocycles. The summed E-state index contributed by atoms with van der Waals surface area (Å²) in [6, 6.07) is 10.3. The number of morpholine rings is 1. The smallest absolute Gasteiger partial charge is 0.373 e. The van der Waals surface area contributed by atoms with E-state index in [1.807, 2.05) is 4.90 Å². The topological polar surface area (TPSA) is 36.0 Å². The molecule has 4 rings (SSSR count). The number of carbonyl (C=O) groups is 1. The van der Waals surface area contributed by atoms with Crippen molar-refractivity contribution in [1.29, 1.82) is 0 Å². The predicted molar refractivity (Wildman–Crippen MR) is 122 cm³/mol. The lowest BCUT2D eigenvalue weighted by Crippen LogP contribution is -2.53. The van der Waals surface area contributed by atoms with Gasteiger partial charge in [-0.25, -0.2) is 0 Å². The lowest BCUT2D eigenvalue weighted by atomic mass is 10.1. The minimum Gasteiger partial charge on any atom is -0.373 e. The summed E-state index contributed by atoms with van der Waals surface area (Å²) in [7, 11) is 0. The number of carbonyl (C=O) groups excluding carboxylic acids is 1. The van der Waals surface area contributed by atoms with Gasteiger partial charge in [0.2, 0.25) is 0 Å². The summed E-state index contributed by atoms with van der Waals surface area (Å²) in [6.07, 6.45) is -4.48. The molecule has 178 valence electrons. The van der Waals surface area contributed by atoms with Crippen LogP contribution in [0.2, 0.25) is 10.0 Å². The van der Waals surface area contributed by atoms with Gasteiger partial charge in [-0.3, -0.25) is 9.69 Å². The molecule has 0 bridgehead atoms. The molecule has 0 aromatic heterocycles. The summed E-state index contributed by atoms with van der Waals surface area (Å²) in [6.45, 7) is 4.73. The summed E-state index contributed by atoms with van der Waals surface area (Å²) in [5.41, 5.74) is 0.432. The normalized spacial score (nSPS) is 20.2. The first-order valence-electron chi connectivity index (χ1n) is 10.7. The summed E-state index contributed by atoms with van der Waals surface area (Å²) in [5.74, 6) is -0.115. The van der Waals surface area contributed by atoms with Crippen molar-refractivity contribution in [1.82, 2.24) is 9.80 Å². The van der Waals surface area contributed by atoms with E-state index in [0.29, 0.717) is 73.7 Å². The van der Waals surface area contributed by atoms with Crippen molar-refractivity contribution >= 4 is 34.8 Å². The van der Waals surface area contributed by atoms with Gasteiger partial charge >= 0.3 is 6.18 Å². The first-order chi connectivity index (χ1) is 15.7. The number of piperazine rings is 1. The highest BCUT2D eigenvalue weighted by Crippen LogP contribution is 2.32. The molecule has 2 fully saturated rings. The van der Waals surface area contributed by atoms with Crippen molar-refractivity contribution in [3.05, 3.63) is 63.6 Å². The van der Waals surface area contributed by atoms with Crippen LogP contribution in [0.15, 0.2) is 42.5 Å². The van der Waals surface area contributed by atoms with Crippen LogP contribution in [0.3, 0.4) is 0 Å². The zero-order chi connectivity index (χ0) is 23.6. The Morgan fingerprint density at radius 3 is 2.45 bits per heavy atom. The van der Waals surface area contributed by atoms with Gasteiger partial charge in [-0.2, -0.15) is 13.2 Å². The van der Waals surface area contributed by atoms with Crippen LogP contribution in [0.1, 0.15) is 15.9 Å². The fourth-order valence-electron chi connectivity index (χ4n) is 4.18. The molecule has 2 aliphatic rings. The lowest BCUT2D eigenvalue weighted by Gasteiger charge is -2.40. The van der Waals surface area contributed by atoms with E-state index in [9.17, 15) is 18.0 Å².